The van der Waals surface area contributed by atoms with Crippen LogP contribution in [0.5, 0.6) is 0 Å². The van der Waals surface area contributed by atoms with Gasteiger partial charge in [-0.05, 0) is 68.0 Å². The lowest BCUT2D eigenvalue weighted by atomic mass is 10.1. The molecule has 34 heavy (non-hydrogen) atoms. The molecular weight excluding hydrogens is 449 g/mol. The Bertz CT molecular complexity index is 1100. The average molecular weight is 482 g/mol. The summed E-state index contributed by atoms with van der Waals surface area (Å²) in [6.45, 7) is 8.62. The van der Waals surface area contributed by atoms with Crippen LogP contribution in [0.3, 0.4) is 0 Å². The van der Waals surface area contributed by atoms with Crippen molar-refractivity contribution < 1.29 is 14.0 Å². The Hall–Kier alpha value is -3.19. The third-order valence-electron chi connectivity index (χ3n) is 5.88. The number of nitrogens with zero attached hydrogens (tertiary/aromatic N) is 2. The highest BCUT2D eigenvalue weighted by Gasteiger charge is 2.25. The summed E-state index contributed by atoms with van der Waals surface area (Å²) in [6.07, 6.45) is 0.719. The van der Waals surface area contributed by atoms with Crippen molar-refractivity contribution in [2.45, 2.75) is 53.2 Å². The molecule has 1 N–H and O–H groups in total. The van der Waals surface area contributed by atoms with Crippen LogP contribution >= 0.6 is 11.3 Å². The monoisotopic (exact) mass is 481 g/mol. The van der Waals surface area contributed by atoms with Gasteiger partial charge < -0.3 is 15.1 Å². The second-order valence-electron chi connectivity index (χ2n) is 8.59. The van der Waals surface area contributed by atoms with Crippen LogP contribution in [0.4, 0.5) is 14.9 Å². The number of nitrogens with one attached hydrogen (secondary N) is 1. The minimum absolute atomic E-state index is 0.0433. The van der Waals surface area contributed by atoms with Gasteiger partial charge in [0.15, 0.2) is 0 Å². The van der Waals surface area contributed by atoms with Gasteiger partial charge in [0.2, 0.25) is 5.91 Å². The summed E-state index contributed by atoms with van der Waals surface area (Å²) in [7, 11) is 0. The van der Waals surface area contributed by atoms with E-state index in [-0.39, 0.29) is 30.3 Å². The molecule has 0 aliphatic heterocycles. The van der Waals surface area contributed by atoms with Crippen molar-refractivity contribution in [1.82, 2.24) is 9.80 Å². The number of hydrogen-bond acceptors (Lipinski definition) is 3. The molecule has 0 aliphatic carbocycles. The lowest BCUT2D eigenvalue weighted by molar-refractivity contribution is -0.133. The van der Waals surface area contributed by atoms with E-state index >= 15 is 0 Å². The molecule has 5 nitrogen and oxygen atoms in total. The van der Waals surface area contributed by atoms with Crippen molar-refractivity contribution in [3.8, 4) is 0 Å². The van der Waals surface area contributed by atoms with E-state index in [1.807, 2.05) is 63.4 Å². The maximum absolute atomic E-state index is 13.5. The van der Waals surface area contributed by atoms with E-state index in [2.05, 4.69) is 5.32 Å². The maximum Gasteiger partial charge on any atom is 0.322 e. The summed E-state index contributed by atoms with van der Waals surface area (Å²) in [4.78, 5) is 31.1. The van der Waals surface area contributed by atoms with Gasteiger partial charge in [0.05, 0.1) is 6.54 Å². The Morgan fingerprint density at radius 2 is 1.79 bits per heavy atom. The van der Waals surface area contributed by atoms with Gasteiger partial charge in [0.1, 0.15) is 12.4 Å². The number of amides is 3. The maximum atomic E-state index is 13.5. The summed E-state index contributed by atoms with van der Waals surface area (Å²) in [5.41, 5.74) is 3.66. The number of anilines is 1. The Morgan fingerprint density at radius 1 is 1.06 bits per heavy atom. The van der Waals surface area contributed by atoms with Gasteiger partial charge >= 0.3 is 6.03 Å². The summed E-state index contributed by atoms with van der Waals surface area (Å²) in [5.74, 6) is -0.472. The van der Waals surface area contributed by atoms with E-state index in [1.54, 1.807) is 33.3 Å². The lowest BCUT2D eigenvalue weighted by Crippen LogP contribution is -2.47. The standard InChI is InChI=1S/C27H32FN3O2S/c1-5-21(4)31(27(33)29-25-13-8-19(2)15-20(25)3)18-26(32)30(17-24-7-6-14-34-24)16-22-9-11-23(28)12-10-22/h6-15,21H,5,16-18H2,1-4H3,(H,29,33). The molecule has 0 fully saturated rings. The predicted molar refractivity (Wildman–Crippen MR) is 136 cm³/mol. The molecule has 1 aromatic heterocycles. The number of urea groups is 1. The molecule has 0 spiro atoms. The molecule has 3 rings (SSSR count). The molecule has 0 saturated heterocycles. The fraction of sp³-hybridized carbons (Fsp3) is 0.333. The molecule has 1 heterocycles. The van der Waals surface area contributed by atoms with Crippen molar-refractivity contribution >= 4 is 29.0 Å². The van der Waals surface area contributed by atoms with Gasteiger partial charge in [0.25, 0.3) is 0 Å². The van der Waals surface area contributed by atoms with Gasteiger partial charge in [0, 0.05) is 23.2 Å². The van der Waals surface area contributed by atoms with Crippen LogP contribution < -0.4 is 5.32 Å². The van der Waals surface area contributed by atoms with E-state index in [4.69, 9.17) is 0 Å². The minimum Gasteiger partial charge on any atom is -0.332 e. The smallest absolute Gasteiger partial charge is 0.322 e. The first-order valence-corrected chi connectivity index (χ1v) is 12.3. The number of halogens is 1. The van der Waals surface area contributed by atoms with E-state index in [0.717, 1.165) is 33.7 Å². The number of aryl methyl sites for hydroxylation is 2. The summed E-state index contributed by atoms with van der Waals surface area (Å²) >= 11 is 1.58. The van der Waals surface area contributed by atoms with Gasteiger partial charge in [-0.1, -0.05) is 42.8 Å². The quantitative estimate of drug-likeness (QED) is 0.386. The molecule has 0 bridgehead atoms. The zero-order valence-corrected chi connectivity index (χ0v) is 21.0. The van der Waals surface area contributed by atoms with Crippen molar-refractivity contribution in [3.05, 3.63) is 87.4 Å². The molecule has 7 heteroatoms. The lowest BCUT2D eigenvalue weighted by Gasteiger charge is -2.31. The molecule has 180 valence electrons. The first-order valence-electron chi connectivity index (χ1n) is 11.5. The molecule has 3 amide bonds. The highest BCUT2D eigenvalue weighted by Crippen LogP contribution is 2.19. The average Bonchev–Trinajstić information content (AvgIpc) is 3.32. The third-order valence-corrected chi connectivity index (χ3v) is 6.74. The Balaban J connectivity index is 1.79. The van der Waals surface area contributed by atoms with Crippen LogP contribution in [0.2, 0.25) is 0 Å². The van der Waals surface area contributed by atoms with E-state index in [1.165, 1.54) is 12.1 Å². The minimum atomic E-state index is -0.314. The van der Waals surface area contributed by atoms with Crippen LogP contribution in [0.1, 0.15) is 41.8 Å². The second kappa shape index (κ2) is 11.8. The van der Waals surface area contributed by atoms with Crippen LogP contribution in [-0.2, 0) is 17.9 Å². The highest BCUT2D eigenvalue weighted by molar-refractivity contribution is 7.09. The van der Waals surface area contributed by atoms with Crippen LogP contribution in [0.25, 0.3) is 0 Å². The van der Waals surface area contributed by atoms with Gasteiger partial charge in [-0.3, -0.25) is 4.79 Å². The van der Waals surface area contributed by atoms with Crippen LogP contribution in [0, 0.1) is 19.7 Å². The SMILES string of the molecule is CCC(C)N(CC(=O)N(Cc1ccc(F)cc1)Cc1cccs1)C(=O)Nc1ccc(C)cc1C. The van der Waals surface area contributed by atoms with Gasteiger partial charge in [-0.15, -0.1) is 11.3 Å². The van der Waals surface area contributed by atoms with E-state index in [9.17, 15) is 14.0 Å². The molecule has 0 aliphatic rings. The van der Waals surface area contributed by atoms with Crippen molar-refractivity contribution in [3.63, 3.8) is 0 Å². The summed E-state index contributed by atoms with van der Waals surface area (Å²) < 4.78 is 13.4. The Morgan fingerprint density at radius 3 is 2.41 bits per heavy atom. The van der Waals surface area contributed by atoms with Crippen LogP contribution in [-0.4, -0.2) is 34.3 Å². The molecule has 1 atom stereocenters. The highest BCUT2D eigenvalue weighted by atomic mass is 32.1. The van der Waals surface area contributed by atoms with Gasteiger partial charge in [-0.25, -0.2) is 9.18 Å². The molecule has 0 radical (unpaired) electrons. The number of carbonyl (C=O) groups is 2. The fourth-order valence-electron chi connectivity index (χ4n) is 3.67. The third kappa shape index (κ3) is 6.90. The molecular formula is C27H32FN3O2S. The number of rotatable bonds is 9. The van der Waals surface area contributed by atoms with Crippen molar-refractivity contribution in [2.75, 3.05) is 11.9 Å². The largest absolute Gasteiger partial charge is 0.332 e. The van der Waals surface area contributed by atoms with E-state index < -0.39 is 0 Å². The number of hydrogen-bond donors (Lipinski definition) is 1. The topological polar surface area (TPSA) is 52.7 Å². The zero-order valence-electron chi connectivity index (χ0n) is 20.2. The normalized spacial score (nSPS) is 11.7. The summed E-state index contributed by atoms with van der Waals surface area (Å²) in [5, 5.41) is 4.95. The molecule has 0 saturated carbocycles. The Labute approximate surface area is 205 Å². The van der Waals surface area contributed by atoms with Gasteiger partial charge in [-0.2, -0.15) is 0 Å². The molecule has 2 aromatic carbocycles. The Kier molecular flexibility index (Phi) is 8.82. The molecule has 1 unspecified atom stereocenters. The second-order valence-corrected chi connectivity index (χ2v) is 9.62. The number of thiophene rings is 1. The zero-order chi connectivity index (χ0) is 24.7. The number of carbonyl (C=O) groups excluding carboxylic acids is 2. The number of benzene rings is 2. The van der Waals surface area contributed by atoms with Crippen LogP contribution in [0.15, 0.2) is 60.0 Å². The summed E-state index contributed by atoms with van der Waals surface area (Å²) in [6, 6.07) is 15.5. The van der Waals surface area contributed by atoms with Crippen molar-refractivity contribution in [1.29, 1.82) is 0 Å². The predicted octanol–water partition coefficient (Wildman–Crippen LogP) is 6.37. The fourth-order valence-corrected chi connectivity index (χ4v) is 4.39. The first kappa shape index (κ1) is 25.4. The first-order chi connectivity index (χ1) is 16.3. The van der Waals surface area contributed by atoms with E-state index in [0.29, 0.717) is 13.1 Å². The van der Waals surface area contributed by atoms with Crippen molar-refractivity contribution in [2.24, 2.45) is 0 Å². The molecule has 3 aromatic rings.